The van der Waals surface area contributed by atoms with E-state index in [1.807, 2.05) is 11.8 Å². The zero-order valence-corrected chi connectivity index (χ0v) is 14.8. The maximum atomic E-state index is 12.9. The van der Waals surface area contributed by atoms with Crippen LogP contribution in [0.5, 0.6) is 17.2 Å². The van der Waals surface area contributed by atoms with E-state index in [2.05, 4.69) is 0 Å². The number of halogens is 1. The molecule has 2 N–H and O–H groups in total. The van der Waals surface area contributed by atoms with Crippen LogP contribution in [-0.4, -0.2) is 51.3 Å². The van der Waals surface area contributed by atoms with Crippen molar-refractivity contribution in [3.63, 3.8) is 0 Å². The summed E-state index contributed by atoms with van der Waals surface area (Å²) in [6, 6.07) is 3.51. The third kappa shape index (κ3) is 3.82. The SMILES string of the molecule is COc1cc(OC)c(C(=O)N2CC(CN)CC2C)cc1OC.Cl. The second kappa shape index (κ2) is 8.26. The third-order valence-electron chi connectivity index (χ3n) is 4.19. The number of hydrogen-bond donors (Lipinski definition) is 1. The van der Waals surface area contributed by atoms with Gasteiger partial charge in [-0.3, -0.25) is 4.79 Å². The Hall–Kier alpha value is -1.66. The Morgan fingerprint density at radius 2 is 1.74 bits per heavy atom. The average Bonchev–Trinajstić information content (AvgIpc) is 2.93. The molecule has 1 aromatic carbocycles. The van der Waals surface area contributed by atoms with Gasteiger partial charge in [-0.2, -0.15) is 0 Å². The summed E-state index contributed by atoms with van der Waals surface area (Å²) < 4.78 is 15.9. The van der Waals surface area contributed by atoms with Gasteiger partial charge < -0.3 is 24.8 Å². The molecule has 2 rings (SSSR count). The van der Waals surface area contributed by atoms with Crippen molar-refractivity contribution >= 4 is 18.3 Å². The molecule has 7 heteroatoms. The van der Waals surface area contributed by atoms with Crippen molar-refractivity contribution in [2.24, 2.45) is 11.7 Å². The molecule has 130 valence electrons. The molecule has 2 atom stereocenters. The topological polar surface area (TPSA) is 74.0 Å². The van der Waals surface area contributed by atoms with Crippen LogP contribution in [0, 0.1) is 5.92 Å². The summed E-state index contributed by atoms with van der Waals surface area (Å²) in [7, 11) is 4.63. The first-order chi connectivity index (χ1) is 10.5. The van der Waals surface area contributed by atoms with E-state index in [1.54, 1.807) is 26.4 Å². The van der Waals surface area contributed by atoms with Gasteiger partial charge in [-0.15, -0.1) is 12.4 Å². The highest BCUT2D eigenvalue weighted by molar-refractivity contribution is 5.98. The molecule has 0 radical (unpaired) electrons. The fourth-order valence-corrected chi connectivity index (χ4v) is 2.95. The van der Waals surface area contributed by atoms with Gasteiger partial charge in [0.1, 0.15) is 5.75 Å². The van der Waals surface area contributed by atoms with Crippen LogP contribution in [0.2, 0.25) is 0 Å². The largest absolute Gasteiger partial charge is 0.496 e. The minimum atomic E-state index is -0.0683. The molecule has 1 aliphatic heterocycles. The van der Waals surface area contributed by atoms with E-state index in [-0.39, 0.29) is 24.4 Å². The quantitative estimate of drug-likeness (QED) is 0.883. The Labute approximate surface area is 143 Å². The first kappa shape index (κ1) is 19.4. The number of carbonyl (C=O) groups excluding carboxylic acids is 1. The fourth-order valence-electron chi connectivity index (χ4n) is 2.95. The van der Waals surface area contributed by atoms with Crippen LogP contribution in [0.3, 0.4) is 0 Å². The number of carbonyl (C=O) groups is 1. The number of nitrogens with zero attached hydrogens (tertiary/aromatic N) is 1. The van der Waals surface area contributed by atoms with Gasteiger partial charge >= 0.3 is 0 Å². The van der Waals surface area contributed by atoms with Crippen molar-refractivity contribution < 1.29 is 19.0 Å². The number of benzene rings is 1. The number of ether oxygens (including phenoxy) is 3. The summed E-state index contributed by atoms with van der Waals surface area (Å²) in [5, 5.41) is 0. The number of methoxy groups -OCH3 is 3. The van der Waals surface area contributed by atoms with E-state index in [1.165, 1.54) is 7.11 Å². The number of likely N-dealkylation sites (tertiary alicyclic amines) is 1. The van der Waals surface area contributed by atoms with Crippen molar-refractivity contribution in [1.82, 2.24) is 4.90 Å². The Bertz CT molecular complexity index is 553. The normalized spacial score (nSPS) is 20.0. The fraction of sp³-hybridized carbons (Fsp3) is 0.562. The van der Waals surface area contributed by atoms with Gasteiger partial charge in [0.05, 0.1) is 26.9 Å². The van der Waals surface area contributed by atoms with Crippen molar-refractivity contribution in [3.05, 3.63) is 17.7 Å². The van der Waals surface area contributed by atoms with Gasteiger partial charge in [-0.25, -0.2) is 0 Å². The van der Waals surface area contributed by atoms with Gasteiger partial charge in [0.2, 0.25) is 0 Å². The molecule has 2 unspecified atom stereocenters. The Kier molecular flexibility index (Phi) is 6.97. The summed E-state index contributed by atoms with van der Waals surface area (Å²) in [6.07, 6.45) is 0.928. The van der Waals surface area contributed by atoms with Crippen LogP contribution >= 0.6 is 12.4 Å². The Morgan fingerprint density at radius 1 is 1.17 bits per heavy atom. The predicted octanol–water partition coefficient (Wildman–Crippen LogP) is 1.94. The molecular formula is C16H25ClN2O4. The standard InChI is InChI=1S/C16H24N2O4.ClH/c1-10-5-11(8-17)9-18(10)16(19)12-6-14(21-3)15(22-4)7-13(12)20-2;/h6-7,10-11H,5,8-9,17H2,1-4H3;1H. The van der Waals surface area contributed by atoms with Gasteiger partial charge in [0.15, 0.2) is 11.5 Å². The maximum Gasteiger partial charge on any atom is 0.258 e. The zero-order valence-electron chi connectivity index (χ0n) is 14.0. The van der Waals surface area contributed by atoms with Gasteiger partial charge in [0.25, 0.3) is 5.91 Å². The molecule has 1 amide bonds. The van der Waals surface area contributed by atoms with Crippen molar-refractivity contribution in [2.45, 2.75) is 19.4 Å². The van der Waals surface area contributed by atoms with E-state index in [9.17, 15) is 4.79 Å². The summed E-state index contributed by atoms with van der Waals surface area (Å²) in [5.74, 6) is 1.80. The number of nitrogens with two attached hydrogens (primary N) is 1. The lowest BCUT2D eigenvalue weighted by atomic mass is 10.1. The molecule has 1 saturated heterocycles. The molecule has 0 saturated carbocycles. The molecule has 0 bridgehead atoms. The number of hydrogen-bond acceptors (Lipinski definition) is 5. The van der Waals surface area contributed by atoms with Crippen LogP contribution in [0.15, 0.2) is 12.1 Å². The Balaban J connectivity index is 0.00000264. The second-order valence-electron chi connectivity index (χ2n) is 5.55. The highest BCUT2D eigenvalue weighted by Gasteiger charge is 2.33. The minimum Gasteiger partial charge on any atom is -0.496 e. The molecule has 0 aliphatic carbocycles. The van der Waals surface area contributed by atoms with E-state index >= 15 is 0 Å². The second-order valence-corrected chi connectivity index (χ2v) is 5.55. The van der Waals surface area contributed by atoms with Crippen molar-refractivity contribution in [1.29, 1.82) is 0 Å². The first-order valence-corrected chi connectivity index (χ1v) is 7.36. The van der Waals surface area contributed by atoms with Gasteiger partial charge in [-0.05, 0) is 25.8 Å². The highest BCUT2D eigenvalue weighted by atomic mass is 35.5. The smallest absolute Gasteiger partial charge is 0.258 e. The van der Waals surface area contributed by atoms with E-state index < -0.39 is 0 Å². The molecule has 1 heterocycles. The molecular weight excluding hydrogens is 320 g/mol. The number of rotatable bonds is 5. The lowest BCUT2D eigenvalue weighted by Gasteiger charge is -2.23. The van der Waals surface area contributed by atoms with Crippen LogP contribution in [-0.2, 0) is 0 Å². The minimum absolute atomic E-state index is 0. The lowest BCUT2D eigenvalue weighted by Crippen LogP contribution is -2.34. The number of amides is 1. The zero-order chi connectivity index (χ0) is 16.3. The molecule has 1 aromatic rings. The molecule has 1 aliphatic rings. The van der Waals surface area contributed by atoms with Gasteiger partial charge in [0, 0.05) is 24.7 Å². The average molecular weight is 345 g/mol. The highest BCUT2D eigenvalue weighted by Crippen LogP contribution is 2.36. The van der Waals surface area contributed by atoms with Crippen molar-refractivity contribution in [2.75, 3.05) is 34.4 Å². The van der Waals surface area contributed by atoms with Crippen LogP contribution < -0.4 is 19.9 Å². The van der Waals surface area contributed by atoms with E-state index in [4.69, 9.17) is 19.9 Å². The monoisotopic (exact) mass is 344 g/mol. The third-order valence-corrected chi connectivity index (χ3v) is 4.19. The van der Waals surface area contributed by atoms with Gasteiger partial charge in [-0.1, -0.05) is 0 Å². The van der Waals surface area contributed by atoms with E-state index in [0.29, 0.717) is 41.8 Å². The Morgan fingerprint density at radius 3 is 2.22 bits per heavy atom. The molecule has 1 fully saturated rings. The summed E-state index contributed by atoms with van der Waals surface area (Å²) in [4.78, 5) is 14.7. The molecule has 0 aromatic heterocycles. The van der Waals surface area contributed by atoms with E-state index in [0.717, 1.165) is 6.42 Å². The predicted molar refractivity (Wildman–Crippen MR) is 91.0 cm³/mol. The summed E-state index contributed by atoms with van der Waals surface area (Å²) in [6.45, 7) is 3.31. The summed E-state index contributed by atoms with van der Waals surface area (Å²) in [5.41, 5.74) is 6.21. The molecule has 6 nitrogen and oxygen atoms in total. The van der Waals surface area contributed by atoms with Crippen LogP contribution in [0.25, 0.3) is 0 Å². The molecule has 0 spiro atoms. The van der Waals surface area contributed by atoms with Crippen LogP contribution in [0.4, 0.5) is 0 Å². The van der Waals surface area contributed by atoms with Crippen molar-refractivity contribution in [3.8, 4) is 17.2 Å². The lowest BCUT2D eigenvalue weighted by molar-refractivity contribution is 0.0739. The maximum absolute atomic E-state index is 12.9. The summed E-state index contributed by atoms with van der Waals surface area (Å²) >= 11 is 0. The first-order valence-electron chi connectivity index (χ1n) is 7.36. The molecule has 23 heavy (non-hydrogen) atoms. The van der Waals surface area contributed by atoms with Crippen LogP contribution in [0.1, 0.15) is 23.7 Å².